The molecule has 82 valence electrons. The van der Waals surface area contributed by atoms with Crippen molar-refractivity contribution in [2.75, 3.05) is 12.4 Å². The van der Waals surface area contributed by atoms with Gasteiger partial charge in [-0.3, -0.25) is 4.79 Å². The molecule has 1 N–H and O–H groups in total. The summed E-state index contributed by atoms with van der Waals surface area (Å²) >= 11 is 0. The molecule has 3 nitrogen and oxygen atoms in total. The minimum absolute atomic E-state index is 0.286. The zero-order chi connectivity index (χ0) is 11.4. The summed E-state index contributed by atoms with van der Waals surface area (Å²) in [6.07, 6.45) is -0.548. The van der Waals surface area contributed by atoms with Gasteiger partial charge >= 0.3 is 0 Å². The van der Waals surface area contributed by atoms with Crippen molar-refractivity contribution in [2.24, 2.45) is 0 Å². The van der Waals surface area contributed by atoms with E-state index in [0.29, 0.717) is 5.69 Å². The predicted octanol–water partition coefficient (Wildman–Crippen LogP) is 2.11. The fourth-order valence-corrected chi connectivity index (χ4v) is 1.07. The SMILES string of the molecule is COC(C)C(=O)Nc1cc(F)ccc1C. The molecule has 1 unspecified atom stereocenters. The van der Waals surface area contributed by atoms with E-state index in [-0.39, 0.29) is 11.7 Å². The van der Waals surface area contributed by atoms with Gasteiger partial charge in [0.1, 0.15) is 11.9 Å². The van der Waals surface area contributed by atoms with E-state index in [1.54, 1.807) is 19.9 Å². The first-order valence-corrected chi connectivity index (χ1v) is 4.64. The van der Waals surface area contributed by atoms with Gasteiger partial charge in [-0.1, -0.05) is 6.07 Å². The van der Waals surface area contributed by atoms with Gasteiger partial charge in [-0.05, 0) is 31.5 Å². The van der Waals surface area contributed by atoms with Gasteiger partial charge in [0.25, 0.3) is 5.91 Å². The maximum absolute atomic E-state index is 12.9. The van der Waals surface area contributed by atoms with Gasteiger partial charge in [0.05, 0.1) is 0 Å². The van der Waals surface area contributed by atoms with E-state index >= 15 is 0 Å². The van der Waals surface area contributed by atoms with Crippen molar-refractivity contribution in [1.82, 2.24) is 0 Å². The highest BCUT2D eigenvalue weighted by Gasteiger charge is 2.12. The van der Waals surface area contributed by atoms with Crippen molar-refractivity contribution >= 4 is 11.6 Å². The molecule has 1 amide bonds. The van der Waals surface area contributed by atoms with Crippen LogP contribution in [-0.4, -0.2) is 19.1 Å². The van der Waals surface area contributed by atoms with E-state index in [1.807, 2.05) is 0 Å². The summed E-state index contributed by atoms with van der Waals surface area (Å²) in [6.45, 7) is 3.43. The number of anilines is 1. The lowest BCUT2D eigenvalue weighted by molar-refractivity contribution is -0.124. The molecule has 0 spiro atoms. The highest BCUT2D eigenvalue weighted by molar-refractivity contribution is 5.94. The molecule has 4 heteroatoms. The Kier molecular flexibility index (Phi) is 3.80. The van der Waals surface area contributed by atoms with Gasteiger partial charge in [-0.2, -0.15) is 0 Å². The molecule has 1 rings (SSSR count). The van der Waals surface area contributed by atoms with Crippen molar-refractivity contribution in [3.63, 3.8) is 0 Å². The molecule has 0 saturated carbocycles. The molecular weight excluding hydrogens is 197 g/mol. The summed E-state index contributed by atoms with van der Waals surface area (Å²) < 4.78 is 17.7. The van der Waals surface area contributed by atoms with E-state index in [4.69, 9.17) is 4.74 Å². The van der Waals surface area contributed by atoms with Crippen molar-refractivity contribution in [3.05, 3.63) is 29.6 Å². The molecule has 1 aromatic rings. The summed E-state index contributed by atoms with van der Waals surface area (Å²) in [5.41, 5.74) is 1.29. The fourth-order valence-electron chi connectivity index (χ4n) is 1.07. The first-order chi connectivity index (χ1) is 7.04. The Morgan fingerprint density at radius 3 is 2.80 bits per heavy atom. The first-order valence-electron chi connectivity index (χ1n) is 4.64. The highest BCUT2D eigenvalue weighted by Crippen LogP contribution is 2.16. The molecule has 0 radical (unpaired) electrons. The standard InChI is InChI=1S/C11H14FNO2/c1-7-4-5-9(12)6-10(7)13-11(14)8(2)15-3/h4-6,8H,1-3H3,(H,13,14). The molecule has 0 bridgehead atoms. The maximum atomic E-state index is 12.9. The van der Waals surface area contributed by atoms with Gasteiger partial charge in [0, 0.05) is 12.8 Å². The lowest BCUT2D eigenvalue weighted by Gasteiger charge is -2.12. The zero-order valence-corrected chi connectivity index (χ0v) is 9.00. The molecule has 1 atom stereocenters. The van der Waals surface area contributed by atoms with Crippen molar-refractivity contribution in [2.45, 2.75) is 20.0 Å². The van der Waals surface area contributed by atoms with Crippen molar-refractivity contribution < 1.29 is 13.9 Å². The number of hydrogen-bond donors (Lipinski definition) is 1. The molecule has 0 aromatic heterocycles. The summed E-state index contributed by atoms with van der Waals surface area (Å²) in [5, 5.41) is 2.60. The molecule has 0 fully saturated rings. The largest absolute Gasteiger partial charge is 0.372 e. The van der Waals surface area contributed by atoms with Gasteiger partial charge in [-0.15, -0.1) is 0 Å². The number of nitrogens with one attached hydrogen (secondary N) is 1. The number of benzene rings is 1. The molecule has 0 aliphatic heterocycles. The second kappa shape index (κ2) is 4.89. The molecular formula is C11H14FNO2. The number of halogens is 1. The maximum Gasteiger partial charge on any atom is 0.253 e. The van der Waals surface area contributed by atoms with Crippen LogP contribution in [0.25, 0.3) is 0 Å². The number of amides is 1. The monoisotopic (exact) mass is 211 g/mol. The number of methoxy groups -OCH3 is 1. The first kappa shape index (κ1) is 11.7. The summed E-state index contributed by atoms with van der Waals surface area (Å²) in [6, 6.07) is 4.25. The van der Waals surface area contributed by atoms with Crippen LogP contribution in [0, 0.1) is 12.7 Å². The number of aryl methyl sites for hydroxylation is 1. The van der Waals surface area contributed by atoms with Gasteiger partial charge < -0.3 is 10.1 Å². The quantitative estimate of drug-likeness (QED) is 0.831. The highest BCUT2D eigenvalue weighted by atomic mass is 19.1. The Labute approximate surface area is 88.2 Å². The van der Waals surface area contributed by atoms with Gasteiger partial charge in [0.2, 0.25) is 0 Å². The second-order valence-electron chi connectivity index (χ2n) is 3.33. The molecule has 0 aliphatic carbocycles. The van der Waals surface area contributed by atoms with Crippen LogP contribution >= 0.6 is 0 Å². The number of carbonyl (C=O) groups is 1. The summed E-state index contributed by atoms with van der Waals surface area (Å²) in [7, 11) is 1.45. The van der Waals surface area contributed by atoms with E-state index in [9.17, 15) is 9.18 Å². The molecule has 0 aliphatic rings. The number of ether oxygens (including phenoxy) is 1. The number of rotatable bonds is 3. The lowest BCUT2D eigenvalue weighted by atomic mass is 10.2. The second-order valence-corrected chi connectivity index (χ2v) is 3.33. The van der Waals surface area contributed by atoms with Gasteiger partial charge in [-0.25, -0.2) is 4.39 Å². The third-order valence-electron chi connectivity index (χ3n) is 2.18. The van der Waals surface area contributed by atoms with Crippen LogP contribution in [0.3, 0.4) is 0 Å². The Bertz CT molecular complexity index is 366. The Morgan fingerprint density at radius 2 is 2.20 bits per heavy atom. The average molecular weight is 211 g/mol. The van der Waals surface area contributed by atoms with E-state index in [1.165, 1.54) is 19.2 Å². The minimum atomic E-state index is -0.548. The third-order valence-corrected chi connectivity index (χ3v) is 2.18. The van der Waals surface area contributed by atoms with Gasteiger partial charge in [0.15, 0.2) is 0 Å². The van der Waals surface area contributed by atoms with E-state index < -0.39 is 6.10 Å². The molecule has 0 saturated heterocycles. The number of hydrogen-bond acceptors (Lipinski definition) is 2. The minimum Gasteiger partial charge on any atom is -0.372 e. The molecule has 0 heterocycles. The molecule has 1 aromatic carbocycles. The van der Waals surface area contributed by atoms with Crippen LogP contribution in [0.1, 0.15) is 12.5 Å². The topological polar surface area (TPSA) is 38.3 Å². The number of carbonyl (C=O) groups excluding carboxylic acids is 1. The fraction of sp³-hybridized carbons (Fsp3) is 0.364. The van der Waals surface area contributed by atoms with Crippen LogP contribution in [0.2, 0.25) is 0 Å². The lowest BCUT2D eigenvalue weighted by Crippen LogP contribution is -2.26. The van der Waals surface area contributed by atoms with Crippen LogP contribution in [-0.2, 0) is 9.53 Å². The Balaban J connectivity index is 2.80. The average Bonchev–Trinajstić information content (AvgIpc) is 2.22. The van der Waals surface area contributed by atoms with E-state index in [2.05, 4.69) is 5.32 Å². The summed E-state index contributed by atoms with van der Waals surface area (Å²) in [5.74, 6) is -0.660. The third kappa shape index (κ3) is 3.02. The van der Waals surface area contributed by atoms with Crippen LogP contribution < -0.4 is 5.32 Å². The van der Waals surface area contributed by atoms with Crippen LogP contribution in [0.4, 0.5) is 10.1 Å². The van der Waals surface area contributed by atoms with E-state index in [0.717, 1.165) is 5.56 Å². The molecule has 15 heavy (non-hydrogen) atoms. The Morgan fingerprint density at radius 1 is 1.53 bits per heavy atom. The summed E-state index contributed by atoms with van der Waals surface area (Å²) in [4.78, 5) is 11.4. The van der Waals surface area contributed by atoms with Crippen molar-refractivity contribution in [1.29, 1.82) is 0 Å². The Hall–Kier alpha value is -1.42. The van der Waals surface area contributed by atoms with Crippen molar-refractivity contribution in [3.8, 4) is 0 Å². The smallest absolute Gasteiger partial charge is 0.253 e. The normalized spacial score (nSPS) is 12.3. The van der Waals surface area contributed by atoms with Crippen LogP contribution in [0.15, 0.2) is 18.2 Å². The zero-order valence-electron chi connectivity index (χ0n) is 9.00. The predicted molar refractivity (Wildman–Crippen MR) is 56.2 cm³/mol. The van der Waals surface area contributed by atoms with Crippen LogP contribution in [0.5, 0.6) is 0 Å².